The largest absolute Gasteiger partial charge is 0.497 e. The van der Waals surface area contributed by atoms with E-state index >= 15 is 0 Å². The summed E-state index contributed by atoms with van der Waals surface area (Å²) in [5.41, 5.74) is 0.296. The van der Waals surface area contributed by atoms with Crippen molar-refractivity contribution in [3.63, 3.8) is 0 Å². The summed E-state index contributed by atoms with van der Waals surface area (Å²) >= 11 is 0. The molecule has 0 unspecified atom stereocenters. The highest BCUT2D eigenvalue weighted by atomic mass is 19.4. The molecule has 140 valence electrons. The van der Waals surface area contributed by atoms with Crippen molar-refractivity contribution in [1.29, 1.82) is 0 Å². The number of hydrogen-bond donors (Lipinski definition) is 1. The standard InChI is InChI=1S/C19H16F3N3O2/c1-26-15-9-7-14(8-10-15)24-17-16(19(20,21)22)11-23-18(25-17)27-12-13-5-3-2-4-6-13/h2-11H,12H2,1H3,(H,23,24,25). The van der Waals surface area contributed by atoms with Crippen LogP contribution in [0, 0.1) is 0 Å². The molecule has 0 aliphatic carbocycles. The molecule has 0 fully saturated rings. The summed E-state index contributed by atoms with van der Waals surface area (Å²) in [6.45, 7) is 0.147. The van der Waals surface area contributed by atoms with Crippen molar-refractivity contribution in [3.8, 4) is 11.8 Å². The maximum absolute atomic E-state index is 13.3. The second-order valence-corrected chi connectivity index (χ2v) is 5.54. The summed E-state index contributed by atoms with van der Waals surface area (Å²) in [4.78, 5) is 7.57. The van der Waals surface area contributed by atoms with E-state index in [0.717, 1.165) is 5.56 Å². The monoisotopic (exact) mass is 375 g/mol. The van der Waals surface area contributed by atoms with E-state index in [2.05, 4.69) is 15.3 Å². The second-order valence-electron chi connectivity index (χ2n) is 5.54. The molecule has 3 aromatic rings. The number of nitrogens with one attached hydrogen (secondary N) is 1. The van der Waals surface area contributed by atoms with Crippen molar-refractivity contribution >= 4 is 11.5 Å². The Morgan fingerprint density at radius 1 is 1.00 bits per heavy atom. The fourth-order valence-corrected chi connectivity index (χ4v) is 2.27. The van der Waals surface area contributed by atoms with E-state index in [0.29, 0.717) is 17.6 Å². The molecular formula is C19H16F3N3O2. The first-order chi connectivity index (χ1) is 13.0. The molecule has 0 radical (unpaired) electrons. The van der Waals surface area contributed by atoms with Crippen molar-refractivity contribution in [2.24, 2.45) is 0 Å². The highest BCUT2D eigenvalue weighted by molar-refractivity contribution is 5.60. The minimum Gasteiger partial charge on any atom is -0.497 e. The molecule has 2 aromatic carbocycles. The lowest BCUT2D eigenvalue weighted by atomic mass is 10.2. The van der Waals surface area contributed by atoms with Gasteiger partial charge < -0.3 is 14.8 Å². The van der Waals surface area contributed by atoms with Gasteiger partial charge in [-0.15, -0.1) is 0 Å². The van der Waals surface area contributed by atoms with Crippen molar-refractivity contribution in [3.05, 3.63) is 71.9 Å². The number of benzene rings is 2. The third kappa shape index (κ3) is 4.87. The quantitative estimate of drug-likeness (QED) is 0.669. The molecule has 1 heterocycles. The first-order valence-electron chi connectivity index (χ1n) is 7.98. The normalized spacial score (nSPS) is 11.1. The lowest BCUT2D eigenvalue weighted by Gasteiger charge is -2.14. The van der Waals surface area contributed by atoms with Crippen LogP contribution in [0.15, 0.2) is 60.8 Å². The first kappa shape index (κ1) is 18.5. The van der Waals surface area contributed by atoms with Gasteiger partial charge in [-0.3, -0.25) is 0 Å². The Morgan fingerprint density at radius 2 is 1.70 bits per heavy atom. The van der Waals surface area contributed by atoms with E-state index in [1.807, 2.05) is 30.3 Å². The predicted octanol–water partition coefficient (Wildman–Crippen LogP) is 4.83. The van der Waals surface area contributed by atoms with E-state index in [-0.39, 0.29) is 18.4 Å². The lowest BCUT2D eigenvalue weighted by Crippen LogP contribution is -2.12. The molecule has 0 saturated heterocycles. The van der Waals surface area contributed by atoms with E-state index in [4.69, 9.17) is 9.47 Å². The van der Waals surface area contributed by atoms with Crippen molar-refractivity contribution < 1.29 is 22.6 Å². The van der Waals surface area contributed by atoms with Crippen LogP contribution in [-0.4, -0.2) is 17.1 Å². The number of rotatable bonds is 6. The molecular weight excluding hydrogens is 359 g/mol. The van der Waals surface area contributed by atoms with Crippen LogP contribution >= 0.6 is 0 Å². The van der Waals surface area contributed by atoms with Gasteiger partial charge in [0.15, 0.2) is 0 Å². The fraction of sp³-hybridized carbons (Fsp3) is 0.158. The second kappa shape index (κ2) is 7.94. The van der Waals surface area contributed by atoms with Gasteiger partial charge in [-0.05, 0) is 29.8 Å². The van der Waals surface area contributed by atoms with Gasteiger partial charge in [0.25, 0.3) is 0 Å². The number of anilines is 2. The summed E-state index contributed by atoms with van der Waals surface area (Å²) in [5, 5.41) is 2.66. The van der Waals surface area contributed by atoms with Crippen molar-refractivity contribution in [1.82, 2.24) is 9.97 Å². The Bertz CT molecular complexity index is 885. The van der Waals surface area contributed by atoms with Gasteiger partial charge in [0.1, 0.15) is 23.7 Å². The number of nitrogens with zero attached hydrogens (tertiary/aromatic N) is 2. The average Bonchev–Trinajstić information content (AvgIpc) is 2.67. The van der Waals surface area contributed by atoms with Gasteiger partial charge in [-0.1, -0.05) is 30.3 Å². The third-order valence-corrected chi connectivity index (χ3v) is 3.64. The van der Waals surface area contributed by atoms with Crippen LogP contribution in [0.2, 0.25) is 0 Å². The van der Waals surface area contributed by atoms with Gasteiger partial charge >= 0.3 is 12.2 Å². The summed E-state index contributed by atoms with van der Waals surface area (Å²) in [7, 11) is 1.50. The molecule has 0 bridgehead atoms. The van der Waals surface area contributed by atoms with Gasteiger partial charge in [0.05, 0.1) is 7.11 Å². The molecule has 0 saturated carbocycles. The number of alkyl halides is 3. The molecule has 8 heteroatoms. The van der Waals surface area contributed by atoms with Gasteiger partial charge in [0, 0.05) is 11.9 Å². The number of ether oxygens (including phenoxy) is 2. The molecule has 0 aliphatic rings. The highest BCUT2D eigenvalue weighted by Crippen LogP contribution is 2.35. The van der Waals surface area contributed by atoms with Gasteiger partial charge in [-0.25, -0.2) is 4.98 Å². The van der Waals surface area contributed by atoms with Gasteiger partial charge in [0.2, 0.25) is 0 Å². The summed E-state index contributed by atoms with van der Waals surface area (Å²) in [6.07, 6.45) is -3.90. The van der Waals surface area contributed by atoms with Crippen molar-refractivity contribution in [2.45, 2.75) is 12.8 Å². The van der Waals surface area contributed by atoms with E-state index in [1.54, 1.807) is 24.3 Å². The Balaban J connectivity index is 1.84. The van der Waals surface area contributed by atoms with Gasteiger partial charge in [-0.2, -0.15) is 18.2 Å². The first-order valence-corrected chi connectivity index (χ1v) is 7.98. The maximum Gasteiger partial charge on any atom is 0.421 e. The number of hydrogen-bond acceptors (Lipinski definition) is 5. The Kier molecular flexibility index (Phi) is 5.44. The fourth-order valence-electron chi connectivity index (χ4n) is 2.27. The lowest BCUT2D eigenvalue weighted by molar-refractivity contribution is -0.137. The van der Waals surface area contributed by atoms with Crippen LogP contribution < -0.4 is 14.8 Å². The maximum atomic E-state index is 13.3. The molecule has 0 atom stereocenters. The molecule has 3 rings (SSSR count). The minimum atomic E-state index is -4.60. The van der Waals surface area contributed by atoms with E-state index in [1.165, 1.54) is 7.11 Å². The predicted molar refractivity (Wildman–Crippen MR) is 94.1 cm³/mol. The topological polar surface area (TPSA) is 56.3 Å². The molecule has 1 N–H and O–H groups in total. The average molecular weight is 375 g/mol. The Morgan fingerprint density at radius 3 is 2.33 bits per heavy atom. The van der Waals surface area contributed by atoms with Crippen LogP contribution in [0.4, 0.5) is 24.7 Å². The minimum absolute atomic E-state index is 0.147. The van der Waals surface area contributed by atoms with E-state index in [9.17, 15) is 13.2 Å². The van der Waals surface area contributed by atoms with Crippen LogP contribution in [0.3, 0.4) is 0 Å². The molecule has 5 nitrogen and oxygen atoms in total. The Labute approximate surface area is 153 Å². The molecule has 0 spiro atoms. The Hall–Kier alpha value is -3.29. The third-order valence-electron chi connectivity index (χ3n) is 3.64. The number of halogens is 3. The summed E-state index contributed by atoms with van der Waals surface area (Å²) in [5.74, 6) is 0.205. The molecule has 1 aromatic heterocycles. The molecule has 0 aliphatic heterocycles. The highest BCUT2D eigenvalue weighted by Gasteiger charge is 2.35. The van der Waals surface area contributed by atoms with Crippen LogP contribution in [-0.2, 0) is 12.8 Å². The van der Waals surface area contributed by atoms with E-state index < -0.39 is 11.7 Å². The van der Waals surface area contributed by atoms with Crippen LogP contribution in [0.5, 0.6) is 11.8 Å². The van der Waals surface area contributed by atoms with Crippen molar-refractivity contribution in [2.75, 3.05) is 12.4 Å². The molecule has 0 amide bonds. The number of methoxy groups -OCH3 is 1. The van der Waals surface area contributed by atoms with Crippen LogP contribution in [0.1, 0.15) is 11.1 Å². The zero-order valence-electron chi connectivity index (χ0n) is 14.3. The summed E-state index contributed by atoms with van der Waals surface area (Å²) < 4.78 is 50.3. The SMILES string of the molecule is COc1ccc(Nc2nc(OCc3ccccc3)ncc2C(F)(F)F)cc1. The number of aromatic nitrogens is 2. The molecule has 27 heavy (non-hydrogen) atoms. The smallest absolute Gasteiger partial charge is 0.421 e. The zero-order valence-corrected chi connectivity index (χ0v) is 14.3. The van der Waals surface area contributed by atoms with Crippen LogP contribution in [0.25, 0.3) is 0 Å². The zero-order chi connectivity index (χ0) is 19.3. The summed E-state index contributed by atoms with van der Waals surface area (Å²) in [6, 6.07) is 15.5.